The maximum Gasteiger partial charge on any atom is 0.00965 e. The molecule has 2 heteroatoms. The SMILES string of the molecule is CC(C)(C)NCCCc1cc[nH]c1. The number of aromatic nitrogens is 1. The Bertz CT molecular complexity index is 219. The highest BCUT2D eigenvalue weighted by molar-refractivity contribution is 5.08. The first-order valence-corrected chi connectivity index (χ1v) is 4.95. The molecule has 0 fully saturated rings. The van der Waals surface area contributed by atoms with Crippen molar-refractivity contribution in [1.29, 1.82) is 0 Å². The maximum atomic E-state index is 3.47. The molecule has 0 radical (unpaired) electrons. The summed E-state index contributed by atoms with van der Waals surface area (Å²) in [6.07, 6.45) is 6.41. The van der Waals surface area contributed by atoms with Crippen molar-refractivity contribution < 1.29 is 0 Å². The second kappa shape index (κ2) is 4.47. The second-order valence-electron chi connectivity index (χ2n) is 4.50. The molecule has 0 amide bonds. The van der Waals surface area contributed by atoms with Crippen LogP contribution in [-0.2, 0) is 6.42 Å². The van der Waals surface area contributed by atoms with Gasteiger partial charge in [-0.05, 0) is 51.8 Å². The zero-order valence-electron chi connectivity index (χ0n) is 8.85. The Labute approximate surface area is 80.7 Å². The van der Waals surface area contributed by atoms with Crippen LogP contribution in [0.1, 0.15) is 32.8 Å². The van der Waals surface area contributed by atoms with E-state index < -0.39 is 0 Å². The van der Waals surface area contributed by atoms with Gasteiger partial charge in [-0.2, -0.15) is 0 Å². The van der Waals surface area contributed by atoms with E-state index >= 15 is 0 Å². The summed E-state index contributed by atoms with van der Waals surface area (Å²) in [5.74, 6) is 0. The molecule has 0 saturated heterocycles. The van der Waals surface area contributed by atoms with Crippen LogP contribution in [0.25, 0.3) is 0 Å². The molecule has 0 bridgehead atoms. The Kier molecular flexibility index (Phi) is 3.55. The van der Waals surface area contributed by atoms with Gasteiger partial charge in [-0.3, -0.25) is 0 Å². The molecule has 1 heterocycles. The van der Waals surface area contributed by atoms with Crippen LogP contribution in [0.3, 0.4) is 0 Å². The molecule has 74 valence electrons. The summed E-state index contributed by atoms with van der Waals surface area (Å²) in [6.45, 7) is 7.69. The van der Waals surface area contributed by atoms with Crippen LogP contribution in [0.15, 0.2) is 18.5 Å². The zero-order chi connectivity index (χ0) is 9.73. The van der Waals surface area contributed by atoms with E-state index in [0.29, 0.717) is 0 Å². The highest BCUT2D eigenvalue weighted by Crippen LogP contribution is 2.02. The van der Waals surface area contributed by atoms with Crippen molar-refractivity contribution in [3.05, 3.63) is 24.0 Å². The Morgan fingerprint density at radius 3 is 2.69 bits per heavy atom. The number of aromatic amines is 1. The van der Waals surface area contributed by atoms with Gasteiger partial charge in [-0.1, -0.05) is 0 Å². The monoisotopic (exact) mass is 180 g/mol. The van der Waals surface area contributed by atoms with E-state index in [1.54, 1.807) is 0 Å². The predicted octanol–water partition coefficient (Wildman–Crippen LogP) is 2.34. The minimum atomic E-state index is 0.248. The van der Waals surface area contributed by atoms with Crippen LogP contribution < -0.4 is 5.32 Å². The average Bonchev–Trinajstić information content (AvgIpc) is 2.48. The second-order valence-corrected chi connectivity index (χ2v) is 4.50. The van der Waals surface area contributed by atoms with Crippen LogP contribution in [0.2, 0.25) is 0 Å². The lowest BCUT2D eigenvalue weighted by atomic mass is 10.1. The van der Waals surface area contributed by atoms with Crippen LogP contribution in [-0.4, -0.2) is 17.1 Å². The number of aryl methyl sites for hydroxylation is 1. The Hall–Kier alpha value is -0.760. The molecule has 0 spiro atoms. The third-order valence-electron chi connectivity index (χ3n) is 1.96. The number of hydrogen-bond donors (Lipinski definition) is 2. The van der Waals surface area contributed by atoms with Gasteiger partial charge in [0, 0.05) is 17.9 Å². The van der Waals surface area contributed by atoms with Crippen LogP contribution in [0.5, 0.6) is 0 Å². The van der Waals surface area contributed by atoms with Gasteiger partial charge >= 0.3 is 0 Å². The van der Waals surface area contributed by atoms with Crippen molar-refractivity contribution >= 4 is 0 Å². The molecule has 1 rings (SSSR count). The van der Waals surface area contributed by atoms with E-state index in [0.717, 1.165) is 13.0 Å². The molecule has 2 nitrogen and oxygen atoms in total. The van der Waals surface area contributed by atoms with Gasteiger partial charge in [0.1, 0.15) is 0 Å². The highest BCUT2D eigenvalue weighted by Gasteiger charge is 2.06. The quantitative estimate of drug-likeness (QED) is 0.684. The molecule has 0 aliphatic heterocycles. The lowest BCUT2D eigenvalue weighted by Gasteiger charge is -2.20. The number of H-pyrrole nitrogens is 1. The van der Waals surface area contributed by atoms with E-state index in [1.807, 2.05) is 6.20 Å². The number of rotatable bonds is 4. The fourth-order valence-electron chi connectivity index (χ4n) is 1.27. The van der Waals surface area contributed by atoms with Gasteiger partial charge in [0.05, 0.1) is 0 Å². The summed E-state index contributed by atoms with van der Waals surface area (Å²) < 4.78 is 0. The van der Waals surface area contributed by atoms with Gasteiger partial charge in [-0.15, -0.1) is 0 Å². The predicted molar refractivity (Wildman–Crippen MR) is 56.9 cm³/mol. The summed E-state index contributed by atoms with van der Waals surface area (Å²) in [6, 6.07) is 2.14. The van der Waals surface area contributed by atoms with Gasteiger partial charge in [0.2, 0.25) is 0 Å². The summed E-state index contributed by atoms with van der Waals surface area (Å²) in [5.41, 5.74) is 1.65. The summed E-state index contributed by atoms with van der Waals surface area (Å²) in [5, 5.41) is 3.47. The summed E-state index contributed by atoms with van der Waals surface area (Å²) in [4.78, 5) is 3.07. The van der Waals surface area contributed by atoms with Crippen molar-refractivity contribution in [2.45, 2.75) is 39.2 Å². The molecule has 0 aliphatic carbocycles. The molecular formula is C11H20N2. The highest BCUT2D eigenvalue weighted by atomic mass is 14.9. The Morgan fingerprint density at radius 2 is 2.15 bits per heavy atom. The van der Waals surface area contributed by atoms with Crippen molar-refractivity contribution in [2.24, 2.45) is 0 Å². The van der Waals surface area contributed by atoms with E-state index in [2.05, 4.69) is 43.3 Å². The third kappa shape index (κ3) is 4.73. The largest absolute Gasteiger partial charge is 0.367 e. The number of nitrogens with one attached hydrogen (secondary N) is 2. The summed E-state index contributed by atoms with van der Waals surface area (Å²) >= 11 is 0. The van der Waals surface area contributed by atoms with Crippen molar-refractivity contribution in [1.82, 2.24) is 10.3 Å². The van der Waals surface area contributed by atoms with Crippen LogP contribution in [0, 0.1) is 0 Å². The van der Waals surface area contributed by atoms with Gasteiger partial charge in [0.15, 0.2) is 0 Å². The normalized spacial score (nSPS) is 11.9. The van der Waals surface area contributed by atoms with Crippen LogP contribution >= 0.6 is 0 Å². The first-order chi connectivity index (χ1) is 6.08. The standard InChI is InChI=1S/C11H20N2/c1-11(2,3)13-7-4-5-10-6-8-12-9-10/h6,8-9,12-13H,4-5,7H2,1-3H3. The fourth-order valence-corrected chi connectivity index (χ4v) is 1.27. The Balaban J connectivity index is 2.09. The topological polar surface area (TPSA) is 27.8 Å². The minimum Gasteiger partial charge on any atom is -0.367 e. The molecule has 1 aromatic heterocycles. The molecule has 1 aromatic rings. The van der Waals surface area contributed by atoms with Gasteiger partial charge < -0.3 is 10.3 Å². The van der Waals surface area contributed by atoms with Crippen molar-refractivity contribution in [2.75, 3.05) is 6.54 Å². The van der Waals surface area contributed by atoms with Crippen molar-refractivity contribution in [3.63, 3.8) is 0 Å². The minimum absolute atomic E-state index is 0.248. The molecule has 2 N–H and O–H groups in total. The first-order valence-electron chi connectivity index (χ1n) is 4.95. The van der Waals surface area contributed by atoms with E-state index in [9.17, 15) is 0 Å². The molecular weight excluding hydrogens is 160 g/mol. The maximum absolute atomic E-state index is 3.47. The summed E-state index contributed by atoms with van der Waals surface area (Å²) in [7, 11) is 0. The first kappa shape index (κ1) is 10.3. The smallest absolute Gasteiger partial charge is 0.00965 e. The molecule has 13 heavy (non-hydrogen) atoms. The van der Waals surface area contributed by atoms with E-state index in [1.165, 1.54) is 12.0 Å². The van der Waals surface area contributed by atoms with E-state index in [4.69, 9.17) is 0 Å². The van der Waals surface area contributed by atoms with Crippen LogP contribution in [0.4, 0.5) is 0 Å². The third-order valence-corrected chi connectivity index (χ3v) is 1.96. The zero-order valence-corrected chi connectivity index (χ0v) is 8.85. The Morgan fingerprint density at radius 1 is 1.38 bits per heavy atom. The molecule has 0 unspecified atom stereocenters. The average molecular weight is 180 g/mol. The molecule has 0 saturated carbocycles. The lowest BCUT2D eigenvalue weighted by molar-refractivity contribution is 0.422. The lowest BCUT2D eigenvalue weighted by Crippen LogP contribution is -2.36. The molecule has 0 aromatic carbocycles. The molecule has 0 aliphatic rings. The van der Waals surface area contributed by atoms with Gasteiger partial charge in [0.25, 0.3) is 0 Å². The van der Waals surface area contributed by atoms with Gasteiger partial charge in [-0.25, -0.2) is 0 Å². The number of hydrogen-bond acceptors (Lipinski definition) is 1. The van der Waals surface area contributed by atoms with Crippen molar-refractivity contribution in [3.8, 4) is 0 Å². The molecule has 0 atom stereocenters. The fraction of sp³-hybridized carbons (Fsp3) is 0.636. The van der Waals surface area contributed by atoms with E-state index in [-0.39, 0.29) is 5.54 Å².